The summed E-state index contributed by atoms with van der Waals surface area (Å²) in [5.41, 5.74) is 5.20. The van der Waals surface area contributed by atoms with E-state index in [4.69, 9.17) is 14.0 Å². The van der Waals surface area contributed by atoms with Crippen molar-refractivity contribution in [1.82, 2.24) is 9.46 Å². The number of carbonyl (C=O) groups is 2. The van der Waals surface area contributed by atoms with E-state index in [0.717, 1.165) is 32.9 Å². The second kappa shape index (κ2) is 13.3. The molecule has 45 heavy (non-hydrogen) atoms. The molecule has 0 unspecified atom stereocenters. The third kappa shape index (κ3) is 6.77. The molecule has 1 aliphatic heterocycles. The summed E-state index contributed by atoms with van der Waals surface area (Å²) in [5.74, 6) is -0.0268. The quantitative estimate of drug-likeness (QED) is 0.109. The molecule has 5 rings (SSSR count). The van der Waals surface area contributed by atoms with Gasteiger partial charge < -0.3 is 14.0 Å². The van der Waals surface area contributed by atoms with Gasteiger partial charge in [0.25, 0.3) is 0 Å². The maximum absolute atomic E-state index is 12.9. The van der Waals surface area contributed by atoms with Crippen LogP contribution in [0.5, 0.6) is 0 Å². The Morgan fingerprint density at radius 1 is 1.02 bits per heavy atom. The van der Waals surface area contributed by atoms with Gasteiger partial charge in [-0.3, -0.25) is 10.1 Å². The summed E-state index contributed by atoms with van der Waals surface area (Å²) in [7, 11) is -3.42. The number of anilines is 1. The van der Waals surface area contributed by atoms with Crippen molar-refractivity contribution in [3.8, 4) is 22.5 Å². The highest BCUT2D eigenvalue weighted by Gasteiger charge is 2.54. The van der Waals surface area contributed by atoms with Crippen molar-refractivity contribution in [3.63, 3.8) is 0 Å². The van der Waals surface area contributed by atoms with E-state index in [0.29, 0.717) is 28.3 Å². The molecule has 1 aromatic heterocycles. The summed E-state index contributed by atoms with van der Waals surface area (Å²) in [6.45, 7) is 5.61. The maximum atomic E-state index is 12.9. The Balaban J connectivity index is 1.31. The number of nitrogens with one attached hydrogen (secondary N) is 1. The van der Waals surface area contributed by atoms with E-state index in [1.807, 2.05) is 79.7 Å². The van der Waals surface area contributed by atoms with Gasteiger partial charge in [-0.1, -0.05) is 101 Å². The van der Waals surface area contributed by atoms with Crippen molar-refractivity contribution in [3.05, 3.63) is 95.2 Å². The Labute approximate surface area is 276 Å². The van der Waals surface area contributed by atoms with E-state index in [1.165, 1.54) is 4.31 Å². The van der Waals surface area contributed by atoms with Crippen LogP contribution in [-0.2, 0) is 34.1 Å². The number of halogens is 1. The fraction of sp³-hybridized carbons (Fsp3) is 0.303. The van der Waals surface area contributed by atoms with E-state index >= 15 is 0 Å². The zero-order chi connectivity index (χ0) is 32.4. The first-order chi connectivity index (χ1) is 21.5. The van der Waals surface area contributed by atoms with Crippen LogP contribution in [0.15, 0.2) is 77.3 Å². The van der Waals surface area contributed by atoms with Crippen LogP contribution in [0.2, 0.25) is 0 Å². The van der Waals surface area contributed by atoms with Crippen molar-refractivity contribution in [2.24, 2.45) is 0 Å². The number of aromatic nitrogens is 1. The van der Waals surface area contributed by atoms with Crippen molar-refractivity contribution in [2.45, 2.75) is 36.7 Å². The summed E-state index contributed by atoms with van der Waals surface area (Å²) in [5, 5.41) is 6.87. The summed E-state index contributed by atoms with van der Waals surface area (Å²) in [6.07, 6.45) is 0.0790. The number of benzene rings is 3. The number of aryl methyl sites for hydroxylation is 1. The van der Waals surface area contributed by atoms with Crippen LogP contribution >= 0.6 is 22.6 Å². The molecular formula is C33H34IN3O7S. The van der Waals surface area contributed by atoms with E-state index < -0.39 is 33.6 Å². The Hall–Kier alpha value is -3.75. The third-order valence-electron chi connectivity index (χ3n) is 7.96. The Kier molecular flexibility index (Phi) is 9.65. The Bertz CT molecular complexity index is 1800. The zero-order valence-corrected chi connectivity index (χ0v) is 28.3. The lowest BCUT2D eigenvalue weighted by Crippen LogP contribution is -2.65. The van der Waals surface area contributed by atoms with Crippen LogP contribution in [0, 0.1) is 6.92 Å². The van der Waals surface area contributed by atoms with Crippen LogP contribution < -0.4 is 5.32 Å². The lowest BCUT2D eigenvalue weighted by molar-refractivity contribution is -0.155. The molecular weight excluding hydrogens is 709 g/mol. The number of rotatable bonds is 10. The number of hydrogen-bond donors (Lipinski definition) is 1. The van der Waals surface area contributed by atoms with Crippen molar-refractivity contribution in [1.29, 1.82) is 0 Å². The number of ether oxygens (including phenoxy) is 2. The van der Waals surface area contributed by atoms with Crippen molar-refractivity contribution >= 4 is 50.4 Å². The van der Waals surface area contributed by atoms with Gasteiger partial charge in [-0.15, -0.1) is 0 Å². The molecule has 0 saturated carbocycles. The maximum Gasteiger partial charge on any atom is 0.412 e. The molecule has 0 spiro atoms. The lowest BCUT2D eigenvalue weighted by Gasteiger charge is -2.46. The van der Waals surface area contributed by atoms with Gasteiger partial charge in [-0.2, -0.15) is 4.31 Å². The number of sulfonamides is 1. The molecule has 4 aromatic rings. The van der Waals surface area contributed by atoms with Crippen LogP contribution in [-0.4, -0.2) is 55.9 Å². The Morgan fingerprint density at radius 2 is 1.62 bits per heavy atom. The van der Waals surface area contributed by atoms with Crippen LogP contribution in [0.4, 0.5) is 10.5 Å². The van der Waals surface area contributed by atoms with Crippen molar-refractivity contribution in [2.75, 3.05) is 31.3 Å². The molecule has 0 aliphatic carbocycles. The average Bonchev–Trinajstić information content (AvgIpc) is 3.35. The molecule has 1 N–H and O–H groups in total. The highest BCUT2D eigenvalue weighted by molar-refractivity contribution is 14.1. The highest BCUT2D eigenvalue weighted by atomic mass is 127. The number of carbonyl (C=O) groups excluding carboxylic acids is 2. The molecule has 1 fully saturated rings. The molecule has 1 amide bonds. The highest BCUT2D eigenvalue weighted by Crippen LogP contribution is 2.39. The van der Waals surface area contributed by atoms with Gasteiger partial charge in [0.1, 0.15) is 22.9 Å². The van der Waals surface area contributed by atoms with E-state index in [1.54, 1.807) is 13.8 Å². The summed E-state index contributed by atoms with van der Waals surface area (Å²) >= 11 is 2.29. The molecule has 1 saturated heterocycles. The molecule has 0 bridgehead atoms. The van der Waals surface area contributed by atoms with Gasteiger partial charge in [0, 0.05) is 23.1 Å². The minimum Gasteiger partial charge on any atom is -0.465 e. The Morgan fingerprint density at radius 3 is 2.22 bits per heavy atom. The minimum atomic E-state index is -3.42. The first kappa shape index (κ1) is 32.6. The fourth-order valence-electron chi connectivity index (χ4n) is 5.41. The van der Waals surface area contributed by atoms with E-state index in [-0.39, 0.29) is 19.7 Å². The van der Waals surface area contributed by atoms with Crippen LogP contribution in [0.3, 0.4) is 0 Å². The van der Waals surface area contributed by atoms with Crippen molar-refractivity contribution < 1.29 is 32.0 Å². The number of esters is 1. The standard InChI is InChI=1S/C33H34IN3O7S/c1-5-42-31(38)33(19-37(20-33)45(4,40)41)27-16-14-24(15-17-27)23-10-12-25(13-11-23)30-29(21(2)36-44-30)35-32(39)43-22(3)28-9-7-6-8-26(28)18-34/h6-17,22H,5,18-20H2,1-4H3,(H,35,39)/t22-/m1/s1. The van der Waals surface area contributed by atoms with Gasteiger partial charge in [0.2, 0.25) is 10.0 Å². The molecule has 10 nitrogen and oxygen atoms in total. The fourth-order valence-corrected chi connectivity index (χ4v) is 7.01. The normalized spacial score (nSPS) is 15.1. The van der Waals surface area contributed by atoms with Gasteiger partial charge in [-0.25, -0.2) is 13.2 Å². The first-order valence-corrected chi connectivity index (χ1v) is 17.8. The number of nitrogens with zero attached hydrogens (tertiary/aromatic N) is 2. The molecule has 0 radical (unpaired) electrons. The number of alkyl halides is 1. The second-order valence-corrected chi connectivity index (χ2v) is 13.7. The molecule has 1 aliphatic rings. The smallest absolute Gasteiger partial charge is 0.412 e. The second-order valence-electron chi connectivity index (χ2n) is 11.0. The molecule has 12 heteroatoms. The SMILES string of the molecule is CCOC(=O)C1(c2ccc(-c3ccc(-c4onc(C)c4NC(=O)O[C@H](C)c4ccccc4CI)cc3)cc2)CN(S(C)(=O)=O)C1. The number of amides is 1. The van der Waals surface area contributed by atoms with Gasteiger partial charge in [0.05, 0.1) is 12.9 Å². The summed E-state index contributed by atoms with van der Waals surface area (Å²) in [4.78, 5) is 25.8. The van der Waals surface area contributed by atoms with Gasteiger partial charge in [-0.05, 0) is 48.6 Å². The molecule has 1 atom stereocenters. The third-order valence-corrected chi connectivity index (χ3v) is 9.97. The first-order valence-electron chi connectivity index (χ1n) is 14.4. The lowest BCUT2D eigenvalue weighted by atomic mass is 9.75. The summed E-state index contributed by atoms with van der Waals surface area (Å²) < 4.78 is 42.7. The topological polar surface area (TPSA) is 128 Å². The number of hydrogen-bond acceptors (Lipinski definition) is 8. The van der Waals surface area contributed by atoms with E-state index in [2.05, 4.69) is 33.1 Å². The monoisotopic (exact) mass is 743 g/mol. The summed E-state index contributed by atoms with van der Waals surface area (Å²) in [6, 6.07) is 22.9. The average molecular weight is 744 g/mol. The predicted octanol–water partition coefficient (Wildman–Crippen LogP) is 6.64. The largest absolute Gasteiger partial charge is 0.465 e. The predicted molar refractivity (Wildman–Crippen MR) is 180 cm³/mol. The van der Waals surface area contributed by atoms with Gasteiger partial charge in [0.15, 0.2) is 5.76 Å². The van der Waals surface area contributed by atoms with E-state index in [9.17, 15) is 18.0 Å². The van der Waals surface area contributed by atoms with Crippen LogP contribution in [0.25, 0.3) is 22.5 Å². The molecule has 236 valence electrons. The molecule has 3 aromatic carbocycles. The zero-order valence-electron chi connectivity index (χ0n) is 25.4. The molecule has 2 heterocycles. The minimum absolute atomic E-state index is 0.0455. The van der Waals surface area contributed by atoms with Gasteiger partial charge >= 0.3 is 12.1 Å². The van der Waals surface area contributed by atoms with Crippen LogP contribution in [0.1, 0.15) is 42.3 Å².